The van der Waals surface area contributed by atoms with Gasteiger partial charge in [-0.3, -0.25) is 4.40 Å². The van der Waals surface area contributed by atoms with Crippen LogP contribution in [0.1, 0.15) is 40.3 Å². The predicted octanol–water partition coefficient (Wildman–Crippen LogP) is 2.49. The minimum absolute atomic E-state index is 0.0527. The monoisotopic (exact) mass is 310 g/mol. The van der Waals surface area contributed by atoms with Crippen LogP contribution in [0.3, 0.4) is 0 Å². The number of hydrogen-bond donors (Lipinski definition) is 2. The van der Waals surface area contributed by atoms with E-state index in [1.165, 1.54) is 0 Å². The van der Waals surface area contributed by atoms with Crippen LogP contribution in [0.2, 0.25) is 0 Å². The van der Waals surface area contributed by atoms with Crippen LogP contribution in [0.25, 0.3) is 4.96 Å². The van der Waals surface area contributed by atoms with E-state index in [0.29, 0.717) is 12.6 Å². The molecule has 2 heterocycles. The first-order chi connectivity index (χ1) is 9.83. The standard InChI is InChI=1S/C15H26N4OS/c1-11(2)18(6-8-20)13-12(10-16-15(3,4)5)19-7-9-21-14(19)17-13/h7,9,11,16,20H,6,8,10H2,1-5H3. The van der Waals surface area contributed by atoms with Crippen molar-refractivity contribution < 1.29 is 5.11 Å². The Morgan fingerprint density at radius 2 is 2.14 bits per heavy atom. The van der Waals surface area contributed by atoms with E-state index in [4.69, 9.17) is 4.98 Å². The third kappa shape index (κ3) is 3.75. The van der Waals surface area contributed by atoms with Crippen LogP contribution in [0, 0.1) is 0 Å². The second kappa shape index (κ2) is 6.34. The zero-order valence-corrected chi connectivity index (χ0v) is 14.4. The van der Waals surface area contributed by atoms with Crippen LogP contribution in [-0.2, 0) is 6.54 Å². The maximum atomic E-state index is 9.33. The minimum atomic E-state index is 0.0527. The summed E-state index contributed by atoms with van der Waals surface area (Å²) < 4.78 is 2.14. The van der Waals surface area contributed by atoms with E-state index in [1.54, 1.807) is 11.3 Å². The molecule has 0 saturated carbocycles. The van der Waals surface area contributed by atoms with E-state index >= 15 is 0 Å². The highest BCUT2D eigenvalue weighted by molar-refractivity contribution is 7.15. The first-order valence-corrected chi connectivity index (χ1v) is 8.28. The Labute approximate surface area is 130 Å². The summed E-state index contributed by atoms with van der Waals surface area (Å²) in [6, 6.07) is 0.301. The quantitative estimate of drug-likeness (QED) is 0.861. The summed E-state index contributed by atoms with van der Waals surface area (Å²) in [5.41, 5.74) is 1.21. The van der Waals surface area contributed by atoms with Crippen molar-refractivity contribution in [1.82, 2.24) is 14.7 Å². The summed E-state index contributed by atoms with van der Waals surface area (Å²) in [4.78, 5) is 7.94. The molecular formula is C15H26N4OS. The highest BCUT2D eigenvalue weighted by atomic mass is 32.1. The fourth-order valence-corrected chi connectivity index (χ4v) is 3.01. The number of hydrogen-bond acceptors (Lipinski definition) is 5. The summed E-state index contributed by atoms with van der Waals surface area (Å²) in [6.07, 6.45) is 2.06. The summed E-state index contributed by atoms with van der Waals surface area (Å²) >= 11 is 1.64. The second-order valence-electron chi connectivity index (χ2n) is 6.55. The molecule has 0 fully saturated rings. The van der Waals surface area contributed by atoms with Gasteiger partial charge >= 0.3 is 0 Å². The molecule has 2 aromatic rings. The van der Waals surface area contributed by atoms with Crippen LogP contribution in [0.5, 0.6) is 0 Å². The second-order valence-corrected chi connectivity index (χ2v) is 7.43. The van der Waals surface area contributed by atoms with Crippen molar-refractivity contribution in [3.63, 3.8) is 0 Å². The topological polar surface area (TPSA) is 52.8 Å². The molecule has 0 bridgehead atoms. The molecule has 0 aliphatic rings. The molecule has 0 aliphatic carbocycles. The van der Waals surface area contributed by atoms with Crippen LogP contribution < -0.4 is 10.2 Å². The minimum Gasteiger partial charge on any atom is -0.395 e. The average molecular weight is 310 g/mol. The molecule has 0 amide bonds. The molecule has 0 atom stereocenters. The van der Waals surface area contributed by atoms with Crippen molar-refractivity contribution in [3.05, 3.63) is 17.3 Å². The number of nitrogens with zero attached hydrogens (tertiary/aromatic N) is 3. The summed E-state index contributed by atoms with van der Waals surface area (Å²) in [5, 5.41) is 14.9. The summed E-state index contributed by atoms with van der Waals surface area (Å²) in [6.45, 7) is 12.2. The third-order valence-electron chi connectivity index (χ3n) is 3.36. The molecule has 5 nitrogen and oxygen atoms in total. The predicted molar refractivity (Wildman–Crippen MR) is 89.2 cm³/mol. The Hall–Kier alpha value is -1.11. The van der Waals surface area contributed by atoms with Crippen LogP contribution in [-0.4, -0.2) is 39.2 Å². The van der Waals surface area contributed by atoms with Crippen LogP contribution >= 0.6 is 11.3 Å². The molecule has 0 spiro atoms. The number of nitrogens with one attached hydrogen (secondary N) is 1. The van der Waals surface area contributed by atoms with Gasteiger partial charge < -0.3 is 15.3 Å². The lowest BCUT2D eigenvalue weighted by Crippen LogP contribution is -2.38. The first-order valence-electron chi connectivity index (χ1n) is 7.40. The largest absolute Gasteiger partial charge is 0.395 e. The van der Waals surface area contributed by atoms with Crippen molar-refractivity contribution in [2.24, 2.45) is 0 Å². The van der Waals surface area contributed by atoms with Gasteiger partial charge in [0.25, 0.3) is 0 Å². The SMILES string of the molecule is CC(C)N(CCO)c1nc2sccn2c1CNC(C)(C)C. The molecule has 21 heavy (non-hydrogen) atoms. The van der Waals surface area contributed by atoms with Crippen LogP contribution in [0.4, 0.5) is 5.82 Å². The molecule has 0 saturated heterocycles. The highest BCUT2D eigenvalue weighted by Crippen LogP contribution is 2.26. The third-order valence-corrected chi connectivity index (χ3v) is 4.12. The lowest BCUT2D eigenvalue weighted by Gasteiger charge is -2.28. The molecular weight excluding hydrogens is 284 g/mol. The number of thiazole rings is 1. The van der Waals surface area contributed by atoms with Gasteiger partial charge in [0, 0.05) is 36.2 Å². The van der Waals surface area contributed by atoms with E-state index in [-0.39, 0.29) is 12.1 Å². The van der Waals surface area contributed by atoms with Gasteiger partial charge in [0.15, 0.2) is 10.8 Å². The van der Waals surface area contributed by atoms with E-state index in [9.17, 15) is 5.11 Å². The summed E-state index contributed by atoms with van der Waals surface area (Å²) in [5.74, 6) is 0.975. The average Bonchev–Trinajstić information content (AvgIpc) is 2.92. The number of rotatable bonds is 6. The zero-order valence-electron chi connectivity index (χ0n) is 13.6. The maximum absolute atomic E-state index is 9.33. The van der Waals surface area contributed by atoms with Gasteiger partial charge in [0.05, 0.1) is 12.3 Å². The fourth-order valence-electron chi connectivity index (χ4n) is 2.28. The Morgan fingerprint density at radius 1 is 1.43 bits per heavy atom. The molecule has 0 aliphatic heterocycles. The van der Waals surface area contributed by atoms with Gasteiger partial charge in [-0.25, -0.2) is 4.98 Å². The Morgan fingerprint density at radius 3 is 2.71 bits per heavy atom. The number of aliphatic hydroxyl groups excluding tert-OH is 1. The van der Waals surface area contributed by atoms with E-state index < -0.39 is 0 Å². The fraction of sp³-hybridized carbons (Fsp3) is 0.667. The molecule has 118 valence electrons. The Kier molecular flexibility index (Phi) is 4.91. The van der Waals surface area contributed by atoms with Gasteiger partial charge in [0.1, 0.15) is 0 Å². The maximum Gasteiger partial charge on any atom is 0.195 e. The van der Waals surface area contributed by atoms with E-state index in [2.05, 4.69) is 60.8 Å². The normalized spacial score (nSPS) is 12.5. The lowest BCUT2D eigenvalue weighted by atomic mass is 10.1. The van der Waals surface area contributed by atoms with Crippen molar-refractivity contribution in [3.8, 4) is 0 Å². The van der Waals surface area contributed by atoms with Crippen molar-refractivity contribution in [2.75, 3.05) is 18.1 Å². The van der Waals surface area contributed by atoms with Crippen molar-refractivity contribution >= 4 is 22.1 Å². The number of aromatic nitrogens is 2. The number of fused-ring (bicyclic) bond motifs is 1. The van der Waals surface area contributed by atoms with Crippen molar-refractivity contribution in [1.29, 1.82) is 0 Å². The van der Waals surface area contributed by atoms with Gasteiger partial charge in [0.2, 0.25) is 0 Å². The van der Waals surface area contributed by atoms with Crippen molar-refractivity contribution in [2.45, 2.75) is 52.7 Å². The van der Waals surface area contributed by atoms with E-state index in [0.717, 1.165) is 23.0 Å². The van der Waals surface area contributed by atoms with Gasteiger partial charge in [-0.1, -0.05) is 0 Å². The van der Waals surface area contributed by atoms with Crippen LogP contribution in [0.15, 0.2) is 11.6 Å². The molecule has 0 aromatic carbocycles. The summed E-state index contributed by atoms with van der Waals surface area (Å²) in [7, 11) is 0. The lowest BCUT2D eigenvalue weighted by molar-refractivity contribution is 0.298. The molecule has 2 aromatic heterocycles. The van der Waals surface area contributed by atoms with E-state index in [1.807, 2.05) is 0 Å². The molecule has 0 unspecified atom stereocenters. The first kappa shape index (κ1) is 16.3. The number of aliphatic hydroxyl groups is 1. The smallest absolute Gasteiger partial charge is 0.195 e. The molecule has 2 N–H and O–H groups in total. The van der Waals surface area contributed by atoms with Gasteiger partial charge in [-0.15, -0.1) is 11.3 Å². The molecule has 2 rings (SSSR count). The number of imidazole rings is 1. The Bertz CT molecular complexity index is 582. The number of anilines is 1. The van der Waals surface area contributed by atoms with Gasteiger partial charge in [-0.2, -0.15) is 0 Å². The zero-order chi connectivity index (χ0) is 15.6. The van der Waals surface area contributed by atoms with Gasteiger partial charge in [-0.05, 0) is 34.6 Å². The molecule has 0 radical (unpaired) electrons. The Balaban J connectivity index is 2.39. The highest BCUT2D eigenvalue weighted by Gasteiger charge is 2.22. The molecule has 6 heteroatoms.